The van der Waals surface area contributed by atoms with Gasteiger partial charge in [0.1, 0.15) is 0 Å². The van der Waals surface area contributed by atoms with E-state index < -0.39 is 5.54 Å². The van der Waals surface area contributed by atoms with Crippen molar-refractivity contribution in [3.8, 4) is 11.1 Å². The van der Waals surface area contributed by atoms with Crippen LogP contribution in [0.5, 0.6) is 0 Å². The van der Waals surface area contributed by atoms with E-state index in [1.54, 1.807) is 13.1 Å². The molecule has 1 amide bonds. The predicted molar refractivity (Wildman–Crippen MR) is 93.6 cm³/mol. The second-order valence-electron chi connectivity index (χ2n) is 6.16. The van der Waals surface area contributed by atoms with Gasteiger partial charge in [-0.05, 0) is 29.7 Å². The molecule has 2 N–H and O–H groups in total. The normalized spacial score (nSPS) is 20.7. The Morgan fingerprint density at radius 2 is 1.96 bits per heavy atom. The molecule has 0 aromatic heterocycles. The quantitative estimate of drug-likeness (QED) is 0.883. The lowest BCUT2D eigenvalue weighted by molar-refractivity contribution is -0.128. The second-order valence-corrected chi connectivity index (χ2v) is 6.16. The van der Waals surface area contributed by atoms with Gasteiger partial charge in [0.15, 0.2) is 12.2 Å². The zero-order valence-corrected chi connectivity index (χ0v) is 13.7. The summed E-state index contributed by atoms with van der Waals surface area (Å²) in [5.74, 6) is 0.149. The fourth-order valence-corrected chi connectivity index (χ4v) is 2.96. The summed E-state index contributed by atoms with van der Waals surface area (Å²) in [6.07, 6.45) is 1.10. The lowest BCUT2D eigenvalue weighted by atomic mass is 9.85. The topological polar surface area (TPSA) is 75.8 Å². The molecule has 0 fully saturated rings. The van der Waals surface area contributed by atoms with E-state index in [2.05, 4.69) is 4.99 Å². The van der Waals surface area contributed by atoms with Gasteiger partial charge in [-0.3, -0.25) is 14.5 Å². The average molecular weight is 321 g/mol. The molecule has 1 atom stereocenters. The number of hydrogen-bond acceptors (Lipinski definition) is 4. The Morgan fingerprint density at radius 1 is 1.21 bits per heavy atom. The number of carbonyl (C=O) groups is 2. The van der Waals surface area contributed by atoms with E-state index in [-0.39, 0.29) is 18.3 Å². The molecule has 1 unspecified atom stereocenters. The molecule has 24 heavy (non-hydrogen) atoms. The van der Waals surface area contributed by atoms with Crippen LogP contribution in [0.2, 0.25) is 0 Å². The van der Waals surface area contributed by atoms with Gasteiger partial charge in [-0.15, -0.1) is 0 Å². The Labute approximate surface area is 140 Å². The van der Waals surface area contributed by atoms with Crippen LogP contribution in [-0.2, 0) is 10.3 Å². The van der Waals surface area contributed by atoms with E-state index in [4.69, 9.17) is 5.73 Å². The number of amides is 1. The van der Waals surface area contributed by atoms with Crippen LogP contribution >= 0.6 is 0 Å². The minimum absolute atomic E-state index is 0.0660. The minimum atomic E-state index is -0.709. The van der Waals surface area contributed by atoms with Crippen LogP contribution < -0.4 is 5.73 Å². The van der Waals surface area contributed by atoms with Crippen molar-refractivity contribution < 1.29 is 9.59 Å². The third-order valence-corrected chi connectivity index (χ3v) is 4.46. The summed E-state index contributed by atoms with van der Waals surface area (Å²) in [6, 6.07) is 15.2. The van der Waals surface area contributed by atoms with Crippen LogP contribution in [0.15, 0.2) is 53.5 Å². The van der Waals surface area contributed by atoms with Gasteiger partial charge in [0.2, 0.25) is 5.91 Å². The number of rotatable bonds is 3. The predicted octanol–water partition coefficient (Wildman–Crippen LogP) is 2.56. The molecule has 0 saturated carbocycles. The molecule has 2 aromatic carbocycles. The molecule has 0 aliphatic carbocycles. The summed E-state index contributed by atoms with van der Waals surface area (Å²) < 4.78 is 0. The van der Waals surface area contributed by atoms with Crippen molar-refractivity contribution >= 4 is 18.2 Å². The zero-order valence-electron chi connectivity index (χ0n) is 13.7. The molecule has 5 heteroatoms. The molecule has 5 nitrogen and oxygen atoms in total. The number of aliphatic imine (C=N–C) groups is 1. The van der Waals surface area contributed by atoms with Crippen LogP contribution in [0.3, 0.4) is 0 Å². The third kappa shape index (κ3) is 2.69. The molecule has 3 rings (SSSR count). The summed E-state index contributed by atoms with van der Waals surface area (Å²) in [7, 11) is 1.62. The van der Waals surface area contributed by atoms with Gasteiger partial charge in [-0.2, -0.15) is 0 Å². The highest BCUT2D eigenvalue weighted by Crippen LogP contribution is 2.35. The highest BCUT2D eigenvalue weighted by molar-refractivity contribution is 5.98. The molecule has 0 radical (unpaired) electrons. The number of guanidine groups is 1. The molecule has 122 valence electrons. The van der Waals surface area contributed by atoms with Crippen molar-refractivity contribution in [1.82, 2.24) is 4.90 Å². The number of aldehydes is 1. The molecule has 0 bridgehead atoms. The van der Waals surface area contributed by atoms with Crippen molar-refractivity contribution in [3.63, 3.8) is 0 Å². The Bertz CT molecular complexity index is 844. The first kappa shape index (κ1) is 15.9. The lowest BCUT2D eigenvalue weighted by Crippen LogP contribution is -2.47. The summed E-state index contributed by atoms with van der Waals surface area (Å²) in [6.45, 7) is 1.90. The summed E-state index contributed by atoms with van der Waals surface area (Å²) >= 11 is 0. The van der Waals surface area contributed by atoms with Gasteiger partial charge in [0.25, 0.3) is 0 Å². The van der Waals surface area contributed by atoms with E-state index in [9.17, 15) is 9.59 Å². The second kappa shape index (κ2) is 5.92. The van der Waals surface area contributed by atoms with Gasteiger partial charge in [0, 0.05) is 12.6 Å². The van der Waals surface area contributed by atoms with E-state index >= 15 is 0 Å². The molecule has 1 aliphatic rings. The first-order valence-electron chi connectivity index (χ1n) is 7.71. The largest absolute Gasteiger partial charge is 0.369 e. The number of carbonyl (C=O) groups excluding carboxylic acids is 2. The van der Waals surface area contributed by atoms with Gasteiger partial charge < -0.3 is 5.73 Å². The smallest absolute Gasteiger partial charge is 0.231 e. The van der Waals surface area contributed by atoms with Crippen LogP contribution in [0.1, 0.15) is 29.3 Å². The van der Waals surface area contributed by atoms with Gasteiger partial charge in [0.05, 0.1) is 12.0 Å². The highest BCUT2D eigenvalue weighted by atomic mass is 16.2. The first-order chi connectivity index (χ1) is 11.4. The Hall–Kier alpha value is -2.95. The van der Waals surface area contributed by atoms with Crippen molar-refractivity contribution in [2.75, 3.05) is 7.05 Å². The molecule has 0 spiro atoms. The maximum Gasteiger partial charge on any atom is 0.231 e. The Balaban J connectivity index is 2.09. The molecule has 1 heterocycles. The zero-order chi connectivity index (χ0) is 17.3. The fraction of sp³-hybridized carbons (Fsp3) is 0.211. The molecule has 1 aliphatic heterocycles. The maximum absolute atomic E-state index is 12.2. The van der Waals surface area contributed by atoms with E-state index in [0.717, 1.165) is 23.0 Å². The fourth-order valence-electron chi connectivity index (χ4n) is 2.96. The maximum atomic E-state index is 12.2. The van der Waals surface area contributed by atoms with Crippen molar-refractivity contribution in [3.05, 3.63) is 59.7 Å². The van der Waals surface area contributed by atoms with Gasteiger partial charge in [-0.1, -0.05) is 42.5 Å². The van der Waals surface area contributed by atoms with E-state index in [1.165, 1.54) is 4.90 Å². The number of hydrogen-bond donors (Lipinski definition) is 1. The highest BCUT2D eigenvalue weighted by Gasteiger charge is 2.36. The summed E-state index contributed by atoms with van der Waals surface area (Å²) in [5, 5.41) is 0. The lowest BCUT2D eigenvalue weighted by Gasteiger charge is -2.33. The molecule has 0 saturated heterocycles. The first-order valence-corrected chi connectivity index (χ1v) is 7.71. The Kier molecular flexibility index (Phi) is 3.93. The molecule has 2 aromatic rings. The molecular weight excluding hydrogens is 302 g/mol. The van der Waals surface area contributed by atoms with Crippen molar-refractivity contribution in [1.29, 1.82) is 0 Å². The average Bonchev–Trinajstić information content (AvgIpc) is 2.59. The van der Waals surface area contributed by atoms with Gasteiger partial charge in [-0.25, -0.2) is 4.99 Å². The monoisotopic (exact) mass is 321 g/mol. The van der Waals surface area contributed by atoms with Crippen LogP contribution in [0, 0.1) is 0 Å². The molecular formula is C19H19N3O2. The van der Waals surface area contributed by atoms with Crippen LogP contribution in [0.25, 0.3) is 11.1 Å². The minimum Gasteiger partial charge on any atom is -0.369 e. The Morgan fingerprint density at radius 3 is 2.67 bits per heavy atom. The third-order valence-electron chi connectivity index (χ3n) is 4.46. The summed E-state index contributed by atoms with van der Waals surface area (Å²) in [4.78, 5) is 29.3. The van der Waals surface area contributed by atoms with Crippen LogP contribution in [0.4, 0.5) is 0 Å². The van der Waals surface area contributed by atoms with E-state index in [0.29, 0.717) is 5.56 Å². The van der Waals surface area contributed by atoms with Crippen molar-refractivity contribution in [2.24, 2.45) is 10.7 Å². The van der Waals surface area contributed by atoms with Gasteiger partial charge >= 0.3 is 0 Å². The SMILES string of the molecule is CN1C(=O)CC(C)(c2cccc(-c3ccccc3C=O)c2)N=C1N. The summed E-state index contributed by atoms with van der Waals surface area (Å²) in [5.41, 5.74) is 8.47. The standard InChI is InChI=1S/C19H19N3O2/c1-19(11-17(24)22(2)18(20)21-19)15-8-5-7-13(10-15)16-9-4-3-6-14(16)12-23/h3-10,12H,11H2,1-2H3,(H2,20,21). The number of nitrogens with two attached hydrogens (primary N) is 1. The number of nitrogens with zero attached hydrogens (tertiary/aromatic N) is 2. The van der Waals surface area contributed by atoms with E-state index in [1.807, 2.05) is 49.4 Å². The number of benzene rings is 2. The van der Waals surface area contributed by atoms with Crippen molar-refractivity contribution in [2.45, 2.75) is 18.9 Å². The van der Waals surface area contributed by atoms with Crippen LogP contribution in [-0.4, -0.2) is 30.1 Å².